The number of hydrogen-bond acceptors (Lipinski definition) is 5. The number of fused-ring (bicyclic) bond motifs is 1. The molecule has 1 N–H and O–H groups in total. The number of ether oxygens (including phenoxy) is 1. The van der Waals surface area contributed by atoms with Crippen molar-refractivity contribution in [3.63, 3.8) is 0 Å². The summed E-state index contributed by atoms with van der Waals surface area (Å²) < 4.78 is 47.9. The van der Waals surface area contributed by atoms with E-state index in [1.165, 1.54) is 19.2 Å². The van der Waals surface area contributed by atoms with Gasteiger partial charge in [-0.1, -0.05) is 36.4 Å². The lowest BCUT2D eigenvalue weighted by Gasteiger charge is -2.27. The van der Waals surface area contributed by atoms with Gasteiger partial charge in [0.05, 0.1) is 12.7 Å². The second kappa shape index (κ2) is 12.0. The summed E-state index contributed by atoms with van der Waals surface area (Å²) in [4.78, 5) is 46.2. The number of alkyl carbamates (subject to hydrolysis) is 1. The standard InChI is InChI=1S/C30H29F3N4O4/c1-41-30(40)35-26(18-6-3-2-4-7-18)29(39)36-14-12-19-16-37(17-20(19)13-15-36)28(38)24-11-10-23(33)27(34-24)25-21(31)8-5-9-22(25)32/h2-11,19-20,26H,12-17H2,1H3,(H,35,40)/t19-,20+,26-/m1/s1. The van der Waals surface area contributed by atoms with Crippen molar-refractivity contribution in [3.05, 3.63) is 89.4 Å². The number of methoxy groups -OCH3 is 1. The van der Waals surface area contributed by atoms with E-state index in [4.69, 9.17) is 4.74 Å². The minimum Gasteiger partial charge on any atom is -0.453 e. The van der Waals surface area contributed by atoms with Crippen LogP contribution >= 0.6 is 0 Å². The Bertz CT molecular complexity index is 1420. The van der Waals surface area contributed by atoms with Gasteiger partial charge in [0.25, 0.3) is 5.91 Å². The Morgan fingerprint density at radius 1 is 0.854 bits per heavy atom. The highest BCUT2D eigenvalue weighted by molar-refractivity contribution is 5.93. The Hall–Kier alpha value is -4.41. The minimum absolute atomic E-state index is 0.100. The molecule has 5 rings (SSSR count). The van der Waals surface area contributed by atoms with Crippen LogP contribution < -0.4 is 5.32 Å². The summed E-state index contributed by atoms with van der Waals surface area (Å²) >= 11 is 0. The maximum Gasteiger partial charge on any atom is 0.407 e. The molecule has 2 fully saturated rings. The highest BCUT2D eigenvalue weighted by atomic mass is 19.1. The highest BCUT2D eigenvalue weighted by Crippen LogP contribution is 2.34. The fourth-order valence-electron chi connectivity index (χ4n) is 5.65. The molecule has 3 atom stereocenters. The van der Waals surface area contributed by atoms with E-state index in [2.05, 4.69) is 10.3 Å². The molecule has 0 bridgehead atoms. The van der Waals surface area contributed by atoms with Gasteiger partial charge in [-0.15, -0.1) is 0 Å². The first-order valence-electron chi connectivity index (χ1n) is 13.3. The van der Waals surface area contributed by atoms with Crippen LogP contribution in [0.3, 0.4) is 0 Å². The number of nitrogens with one attached hydrogen (secondary N) is 1. The number of pyridine rings is 1. The normalized spacial score (nSPS) is 19.2. The zero-order valence-corrected chi connectivity index (χ0v) is 22.4. The fraction of sp³-hybridized carbons (Fsp3) is 0.333. The number of amides is 3. The van der Waals surface area contributed by atoms with Crippen LogP contribution in [0.4, 0.5) is 18.0 Å². The third-order valence-electron chi connectivity index (χ3n) is 7.81. The van der Waals surface area contributed by atoms with Crippen molar-refractivity contribution in [1.82, 2.24) is 20.1 Å². The summed E-state index contributed by atoms with van der Waals surface area (Å²) in [7, 11) is 1.24. The lowest BCUT2D eigenvalue weighted by Crippen LogP contribution is -2.43. The van der Waals surface area contributed by atoms with E-state index in [0.717, 1.165) is 18.2 Å². The summed E-state index contributed by atoms with van der Waals surface area (Å²) in [5, 5.41) is 2.63. The van der Waals surface area contributed by atoms with Gasteiger partial charge in [0.2, 0.25) is 5.91 Å². The van der Waals surface area contributed by atoms with Crippen LogP contribution in [0.1, 0.15) is 34.9 Å². The van der Waals surface area contributed by atoms with Gasteiger partial charge in [0, 0.05) is 26.2 Å². The topological polar surface area (TPSA) is 91.8 Å². The van der Waals surface area contributed by atoms with Crippen molar-refractivity contribution >= 4 is 17.9 Å². The lowest BCUT2D eigenvalue weighted by molar-refractivity contribution is -0.133. The molecule has 0 unspecified atom stereocenters. The Balaban J connectivity index is 1.27. The van der Waals surface area contributed by atoms with Crippen molar-refractivity contribution < 1.29 is 32.3 Å². The van der Waals surface area contributed by atoms with Crippen LogP contribution in [-0.2, 0) is 9.53 Å². The molecule has 0 spiro atoms. The number of hydrogen-bond donors (Lipinski definition) is 1. The quantitative estimate of drug-likeness (QED) is 0.489. The number of likely N-dealkylation sites (tertiary alicyclic amines) is 2. The lowest BCUT2D eigenvalue weighted by atomic mass is 9.92. The average Bonchev–Trinajstić information content (AvgIpc) is 3.28. The van der Waals surface area contributed by atoms with Gasteiger partial charge in [0.1, 0.15) is 34.9 Å². The van der Waals surface area contributed by atoms with E-state index < -0.39 is 46.8 Å². The Labute approximate surface area is 235 Å². The molecule has 41 heavy (non-hydrogen) atoms. The van der Waals surface area contributed by atoms with Gasteiger partial charge >= 0.3 is 6.09 Å². The van der Waals surface area contributed by atoms with Crippen LogP contribution in [0.5, 0.6) is 0 Å². The largest absolute Gasteiger partial charge is 0.453 e. The van der Waals surface area contributed by atoms with Crippen molar-refractivity contribution in [2.24, 2.45) is 11.8 Å². The SMILES string of the molecule is COC(=O)N[C@@H](C(=O)N1CC[C@@H]2CN(C(=O)c3ccc(F)c(-c4c(F)cccc4F)n3)C[C@@H]2CC1)c1ccccc1. The summed E-state index contributed by atoms with van der Waals surface area (Å²) in [6.07, 6.45) is 0.577. The Morgan fingerprint density at radius 3 is 2.10 bits per heavy atom. The predicted molar refractivity (Wildman–Crippen MR) is 143 cm³/mol. The number of halogens is 3. The maximum absolute atomic E-state index is 14.5. The van der Waals surface area contributed by atoms with Crippen LogP contribution in [0.2, 0.25) is 0 Å². The molecule has 8 nitrogen and oxygen atoms in total. The molecule has 2 saturated heterocycles. The number of benzene rings is 2. The summed E-state index contributed by atoms with van der Waals surface area (Å²) in [5.74, 6) is -3.33. The number of carbonyl (C=O) groups is 3. The monoisotopic (exact) mass is 566 g/mol. The van der Waals surface area contributed by atoms with Crippen molar-refractivity contribution in [3.8, 4) is 11.3 Å². The second-order valence-corrected chi connectivity index (χ2v) is 10.2. The maximum atomic E-state index is 14.5. The molecule has 3 amide bonds. The number of aromatic nitrogens is 1. The molecule has 0 saturated carbocycles. The van der Waals surface area contributed by atoms with Gasteiger partial charge in [-0.25, -0.2) is 22.9 Å². The number of carbonyl (C=O) groups excluding carboxylic acids is 3. The third-order valence-corrected chi connectivity index (χ3v) is 7.81. The average molecular weight is 567 g/mol. The molecule has 0 aliphatic carbocycles. The zero-order chi connectivity index (χ0) is 29.1. The molecule has 11 heteroatoms. The Morgan fingerprint density at radius 2 is 1.49 bits per heavy atom. The third kappa shape index (κ3) is 5.89. The number of rotatable bonds is 5. The Kier molecular flexibility index (Phi) is 8.23. The molecule has 1 aromatic heterocycles. The molecule has 214 valence electrons. The number of nitrogens with zero attached hydrogens (tertiary/aromatic N) is 3. The molecule has 2 aliphatic heterocycles. The van der Waals surface area contributed by atoms with Crippen molar-refractivity contribution in [2.45, 2.75) is 18.9 Å². The van der Waals surface area contributed by atoms with Crippen LogP contribution in [0, 0.1) is 29.3 Å². The van der Waals surface area contributed by atoms with E-state index in [1.807, 2.05) is 6.07 Å². The van der Waals surface area contributed by atoms with Gasteiger partial charge in [-0.2, -0.15) is 0 Å². The second-order valence-electron chi connectivity index (χ2n) is 10.2. The smallest absolute Gasteiger partial charge is 0.407 e. The molecule has 2 aliphatic rings. The predicted octanol–water partition coefficient (Wildman–Crippen LogP) is 4.57. The molecule has 3 heterocycles. The van der Waals surface area contributed by atoms with Crippen molar-refractivity contribution in [1.29, 1.82) is 0 Å². The highest BCUT2D eigenvalue weighted by Gasteiger charge is 2.39. The summed E-state index contributed by atoms with van der Waals surface area (Å²) in [6.45, 7) is 1.71. The van der Waals surface area contributed by atoms with Gasteiger partial charge < -0.3 is 19.9 Å². The molecular formula is C30H29F3N4O4. The van der Waals surface area contributed by atoms with Crippen molar-refractivity contribution in [2.75, 3.05) is 33.3 Å². The molecule has 2 aromatic carbocycles. The van der Waals surface area contributed by atoms with E-state index in [9.17, 15) is 27.6 Å². The molecule has 0 radical (unpaired) electrons. The summed E-state index contributed by atoms with van der Waals surface area (Å²) in [6, 6.07) is 13.4. The fourth-order valence-corrected chi connectivity index (χ4v) is 5.65. The van der Waals surface area contributed by atoms with Gasteiger partial charge in [-0.3, -0.25) is 9.59 Å². The summed E-state index contributed by atoms with van der Waals surface area (Å²) in [5.41, 5.74) is -0.628. The van der Waals surface area contributed by atoms with Crippen LogP contribution in [0.25, 0.3) is 11.3 Å². The first kappa shape index (κ1) is 28.1. The van der Waals surface area contributed by atoms with Crippen LogP contribution in [-0.4, -0.2) is 66.0 Å². The minimum atomic E-state index is -0.972. The van der Waals surface area contributed by atoms with E-state index >= 15 is 0 Å². The molecular weight excluding hydrogens is 537 g/mol. The van der Waals surface area contributed by atoms with Gasteiger partial charge in [0.15, 0.2) is 0 Å². The molecule has 3 aromatic rings. The first-order valence-corrected chi connectivity index (χ1v) is 13.3. The van der Waals surface area contributed by atoms with E-state index in [0.29, 0.717) is 44.6 Å². The van der Waals surface area contributed by atoms with E-state index in [1.54, 1.807) is 34.1 Å². The van der Waals surface area contributed by atoms with E-state index in [-0.39, 0.29) is 23.4 Å². The van der Waals surface area contributed by atoms with Gasteiger partial charge in [-0.05, 0) is 54.5 Å². The zero-order valence-electron chi connectivity index (χ0n) is 22.4. The van der Waals surface area contributed by atoms with Crippen LogP contribution in [0.15, 0.2) is 60.7 Å². The first-order chi connectivity index (χ1) is 19.8.